The molecular formula is C9H14N4O2. The highest BCUT2D eigenvalue weighted by Crippen LogP contribution is 2.17. The Balaban J connectivity index is 2.69. The van der Waals surface area contributed by atoms with Crippen LogP contribution < -0.4 is 10.6 Å². The second-order valence-corrected chi connectivity index (χ2v) is 3.09. The number of hydrogen-bond donors (Lipinski definition) is 2. The summed E-state index contributed by atoms with van der Waals surface area (Å²) >= 11 is 0. The molecule has 0 saturated carbocycles. The first-order valence-corrected chi connectivity index (χ1v) is 4.65. The fourth-order valence-electron chi connectivity index (χ4n) is 1.16. The molecular weight excluding hydrogens is 196 g/mol. The maximum Gasteiger partial charge on any atom is 0.290 e. The van der Waals surface area contributed by atoms with Crippen molar-refractivity contribution in [2.75, 3.05) is 25.5 Å². The Morgan fingerprint density at radius 3 is 2.73 bits per heavy atom. The SMILES string of the molecule is CNCCNc1ccc([N+](=O)[O-])c(C)n1. The summed E-state index contributed by atoms with van der Waals surface area (Å²) in [5.74, 6) is 0.661. The van der Waals surface area contributed by atoms with Crippen molar-refractivity contribution in [3.05, 3.63) is 27.9 Å². The third-order valence-electron chi connectivity index (χ3n) is 1.94. The molecule has 0 spiro atoms. The largest absolute Gasteiger partial charge is 0.369 e. The minimum atomic E-state index is -0.431. The summed E-state index contributed by atoms with van der Waals surface area (Å²) in [6.07, 6.45) is 0. The van der Waals surface area contributed by atoms with Gasteiger partial charge in [0.1, 0.15) is 11.5 Å². The van der Waals surface area contributed by atoms with Gasteiger partial charge >= 0.3 is 0 Å². The predicted molar refractivity (Wildman–Crippen MR) is 58.0 cm³/mol. The maximum absolute atomic E-state index is 10.5. The summed E-state index contributed by atoms with van der Waals surface area (Å²) < 4.78 is 0. The number of aryl methyl sites for hydroxylation is 1. The molecule has 1 aromatic rings. The van der Waals surface area contributed by atoms with Crippen molar-refractivity contribution >= 4 is 11.5 Å². The van der Waals surface area contributed by atoms with Gasteiger partial charge < -0.3 is 10.6 Å². The Bertz CT molecular complexity index is 354. The van der Waals surface area contributed by atoms with E-state index in [0.717, 1.165) is 13.1 Å². The molecule has 0 atom stereocenters. The van der Waals surface area contributed by atoms with E-state index in [1.165, 1.54) is 6.07 Å². The van der Waals surface area contributed by atoms with Crippen LogP contribution in [-0.4, -0.2) is 30.0 Å². The molecule has 0 bridgehead atoms. The standard InChI is InChI=1S/C9H14N4O2/c1-7-8(13(14)15)3-4-9(12-7)11-6-5-10-2/h3-4,10H,5-6H2,1-2H3,(H,11,12). The third kappa shape index (κ3) is 3.17. The number of pyridine rings is 1. The van der Waals surface area contributed by atoms with E-state index in [2.05, 4.69) is 15.6 Å². The predicted octanol–water partition coefficient (Wildman–Crippen LogP) is 0.930. The molecule has 15 heavy (non-hydrogen) atoms. The number of anilines is 1. The van der Waals surface area contributed by atoms with E-state index in [4.69, 9.17) is 0 Å². The minimum absolute atomic E-state index is 0.0502. The molecule has 1 aromatic heterocycles. The minimum Gasteiger partial charge on any atom is -0.369 e. The molecule has 6 heteroatoms. The zero-order valence-corrected chi connectivity index (χ0v) is 8.78. The number of aromatic nitrogens is 1. The highest BCUT2D eigenvalue weighted by molar-refractivity contribution is 5.44. The van der Waals surface area contributed by atoms with Gasteiger partial charge in [-0.3, -0.25) is 10.1 Å². The molecule has 0 radical (unpaired) electrons. The fraction of sp³-hybridized carbons (Fsp3) is 0.444. The first-order chi connectivity index (χ1) is 7.15. The second kappa shape index (κ2) is 5.26. The number of hydrogen-bond acceptors (Lipinski definition) is 5. The zero-order valence-electron chi connectivity index (χ0n) is 8.78. The molecule has 82 valence electrons. The van der Waals surface area contributed by atoms with Crippen LogP contribution in [0, 0.1) is 17.0 Å². The van der Waals surface area contributed by atoms with E-state index in [1.54, 1.807) is 13.0 Å². The molecule has 0 fully saturated rings. The van der Waals surface area contributed by atoms with Crippen LogP contribution >= 0.6 is 0 Å². The van der Waals surface area contributed by atoms with Crippen LogP contribution in [0.5, 0.6) is 0 Å². The number of nitrogens with zero attached hydrogens (tertiary/aromatic N) is 2. The molecule has 0 aliphatic carbocycles. The average Bonchev–Trinajstić information content (AvgIpc) is 2.17. The van der Waals surface area contributed by atoms with Crippen molar-refractivity contribution in [1.82, 2.24) is 10.3 Å². The summed E-state index contributed by atoms with van der Waals surface area (Å²) in [5.41, 5.74) is 0.476. The first-order valence-electron chi connectivity index (χ1n) is 4.65. The summed E-state index contributed by atoms with van der Waals surface area (Å²) in [7, 11) is 1.86. The monoisotopic (exact) mass is 210 g/mol. The lowest BCUT2D eigenvalue weighted by Crippen LogP contribution is -2.18. The average molecular weight is 210 g/mol. The summed E-state index contributed by atoms with van der Waals surface area (Å²) in [6.45, 7) is 3.18. The van der Waals surface area contributed by atoms with Crippen molar-refractivity contribution < 1.29 is 4.92 Å². The lowest BCUT2D eigenvalue weighted by Gasteiger charge is -2.05. The van der Waals surface area contributed by atoms with Gasteiger partial charge in [0.25, 0.3) is 5.69 Å². The molecule has 0 unspecified atom stereocenters. The van der Waals surface area contributed by atoms with E-state index >= 15 is 0 Å². The Labute approximate surface area is 87.9 Å². The normalized spacial score (nSPS) is 10.0. The number of likely N-dealkylation sites (N-methyl/N-ethyl adjacent to an activating group) is 1. The topological polar surface area (TPSA) is 80.1 Å². The molecule has 0 aromatic carbocycles. The first kappa shape index (κ1) is 11.4. The van der Waals surface area contributed by atoms with Crippen LogP contribution in [0.3, 0.4) is 0 Å². The van der Waals surface area contributed by atoms with Gasteiger partial charge in [-0.25, -0.2) is 4.98 Å². The molecule has 1 heterocycles. The van der Waals surface area contributed by atoms with Crippen molar-refractivity contribution in [3.8, 4) is 0 Å². The van der Waals surface area contributed by atoms with Crippen molar-refractivity contribution in [3.63, 3.8) is 0 Å². The van der Waals surface area contributed by atoms with Crippen LogP contribution in [-0.2, 0) is 0 Å². The molecule has 0 aliphatic rings. The number of rotatable bonds is 5. The van der Waals surface area contributed by atoms with Gasteiger partial charge in [-0.1, -0.05) is 0 Å². The maximum atomic E-state index is 10.5. The van der Waals surface area contributed by atoms with E-state index < -0.39 is 4.92 Å². The molecule has 6 nitrogen and oxygen atoms in total. The van der Waals surface area contributed by atoms with Crippen molar-refractivity contribution in [1.29, 1.82) is 0 Å². The van der Waals surface area contributed by atoms with Gasteiger partial charge in [0.05, 0.1) is 4.92 Å². The van der Waals surface area contributed by atoms with Gasteiger partial charge in [0.15, 0.2) is 0 Å². The summed E-state index contributed by atoms with van der Waals surface area (Å²) in [4.78, 5) is 14.2. The molecule has 0 amide bonds. The van der Waals surface area contributed by atoms with Gasteiger partial charge in [0.2, 0.25) is 0 Å². The van der Waals surface area contributed by atoms with Gasteiger partial charge in [-0.05, 0) is 20.0 Å². The van der Waals surface area contributed by atoms with Crippen LogP contribution in [0.4, 0.5) is 11.5 Å². The third-order valence-corrected chi connectivity index (χ3v) is 1.94. The number of nitrogens with one attached hydrogen (secondary N) is 2. The molecule has 0 aliphatic heterocycles. The van der Waals surface area contributed by atoms with E-state index in [0.29, 0.717) is 11.5 Å². The molecule has 0 saturated heterocycles. The Kier molecular flexibility index (Phi) is 3.99. The van der Waals surface area contributed by atoms with E-state index in [1.807, 2.05) is 7.05 Å². The lowest BCUT2D eigenvalue weighted by atomic mass is 10.3. The number of nitro groups is 1. The van der Waals surface area contributed by atoms with Crippen LogP contribution in [0.15, 0.2) is 12.1 Å². The van der Waals surface area contributed by atoms with E-state index in [-0.39, 0.29) is 5.69 Å². The molecule has 1 rings (SSSR count). The smallest absolute Gasteiger partial charge is 0.290 e. The summed E-state index contributed by atoms with van der Waals surface area (Å²) in [6, 6.07) is 3.07. The highest BCUT2D eigenvalue weighted by Gasteiger charge is 2.11. The Morgan fingerprint density at radius 2 is 2.20 bits per heavy atom. The van der Waals surface area contributed by atoms with Crippen LogP contribution in [0.1, 0.15) is 5.69 Å². The second-order valence-electron chi connectivity index (χ2n) is 3.09. The highest BCUT2D eigenvalue weighted by atomic mass is 16.6. The quantitative estimate of drug-likeness (QED) is 0.429. The van der Waals surface area contributed by atoms with Crippen LogP contribution in [0.25, 0.3) is 0 Å². The van der Waals surface area contributed by atoms with Gasteiger partial charge in [0, 0.05) is 19.2 Å². The van der Waals surface area contributed by atoms with Crippen LogP contribution in [0.2, 0.25) is 0 Å². The Hall–Kier alpha value is -1.69. The summed E-state index contributed by atoms with van der Waals surface area (Å²) in [5, 5.41) is 16.6. The van der Waals surface area contributed by atoms with Crippen molar-refractivity contribution in [2.24, 2.45) is 0 Å². The zero-order chi connectivity index (χ0) is 11.3. The van der Waals surface area contributed by atoms with Gasteiger partial charge in [-0.2, -0.15) is 0 Å². The molecule has 2 N–H and O–H groups in total. The van der Waals surface area contributed by atoms with Crippen molar-refractivity contribution in [2.45, 2.75) is 6.92 Å². The van der Waals surface area contributed by atoms with Gasteiger partial charge in [-0.15, -0.1) is 0 Å². The van der Waals surface area contributed by atoms with E-state index in [9.17, 15) is 10.1 Å². The fourth-order valence-corrected chi connectivity index (χ4v) is 1.16. The Morgan fingerprint density at radius 1 is 1.47 bits per heavy atom. The lowest BCUT2D eigenvalue weighted by molar-refractivity contribution is -0.385.